The Bertz CT molecular complexity index is 509. The third-order valence-electron chi connectivity index (χ3n) is 2.48. The molecule has 2 rings (SSSR count). The van der Waals surface area contributed by atoms with E-state index in [1.54, 1.807) is 13.3 Å². The molecule has 0 radical (unpaired) electrons. The molecule has 0 saturated heterocycles. The highest BCUT2D eigenvalue weighted by Crippen LogP contribution is 2.29. The molecule has 0 unspecified atom stereocenters. The quantitative estimate of drug-likeness (QED) is 0.771. The second-order valence-electron chi connectivity index (χ2n) is 3.65. The summed E-state index contributed by atoms with van der Waals surface area (Å²) in [6.07, 6.45) is 1.72. The summed E-state index contributed by atoms with van der Waals surface area (Å²) < 4.78 is 5.25. The van der Waals surface area contributed by atoms with Crippen molar-refractivity contribution in [3.63, 3.8) is 0 Å². The number of pyridine rings is 2. The fourth-order valence-corrected chi connectivity index (χ4v) is 1.73. The van der Waals surface area contributed by atoms with Gasteiger partial charge in [0.25, 0.3) is 0 Å². The first kappa shape index (κ1) is 10.6. The zero-order valence-electron chi connectivity index (χ0n) is 9.69. The predicted molar refractivity (Wildman–Crippen MR) is 63.5 cm³/mol. The summed E-state index contributed by atoms with van der Waals surface area (Å²) in [5, 5.41) is 0. The number of methoxy groups -OCH3 is 1. The van der Waals surface area contributed by atoms with Gasteiger partial charge in [-0.2, -0.15) is 0 Å². The Labute approximate surface area is 95.1 Å². The van der Waals surface area contributed by atoms with Crippen LogP contribution in [-0.2, 0) is 0 Å². The molecule has 0 spiro atoms. The number of hydrogen-bond donors (Lipinski definition) is 0. The van der Waals surface area contributed by atoms with Gasteiger partial charge in [0.1, 0.15) is 0 Å². The van der Waals surface area contributed by atoms with Crippen LogP contribution in [0.1, 0.15) is 11.4 Å². The van der Waals surface area contributed by atoms with Gasteiger partial charge in [0.15, 0.2) is 0 Å². The van der Waals surface area contributed by atoms with Gasteiger partial charge in [0.05, 0.1) is 7.11 Å². The Morgan fingerprint density at radius 2 is 1.88 bits per heavy atom. The fraction of sp³-hybridized carbons (Fsp3) is 0.231. The van der Waals surface area contributed by atoms with Crippen LogP contribution in [0.5, 0.6) is 5.88 Å². The molecule has 0 fully saturated rings. The van der Waals surface area contributed by atoms with Gasteiger partial charge >= 0.3 is 0 Å². The average Bonchev–Trinajstić information content (AvgIpc) is 2.29. The standard InChI is InChI=1S/C13H14N2O/c1-9-6-7-11(10(2)15-9)12-5-4-8-14-13(12)16-3/h4-8H,1-3H3. The summed E-state index contributed by atoms with van der Waals surface area (Å²) in [5.74, 6) is 0.635. The van der Waals surface area contributed by atoms with E-state index in [4.69, 9.17) is 4.74 Å². The first-order valence-corrected chi connectivity index (χ1v) is 5.16. The Morgan fingerprint density at radius 3 is 2.56 bits per heavy atom. The largest absolute Gasteiger partial charge is 0.481 e. The predicted octanol–water partition coefficient (Wildman–Crippen LogP) is 2.77. The number of nitrogens with zero attached hydrogens (tertiary/aromatic N) is 2. The van der Waals surface area contributed by atoms with Crippen LogP contribution in [0.4, 0.5) is 0 Å². The third-order valence-corrected chi connectivity index (χ3v) is 2.48. The Morgan fingerprint density at radius 1 is 1.06 bits per heavy atom. The van der Waals surface area contributed by atoms with E-state index in [9.17, 15) is 0 Å². The van der Waals surface area contributed by atoms with Crippen molar-refractivity contribution in [2.45, 2.75) is 13.8 Å². The Hall–Kier alpha value is -1.90. The maximum absolute atomic E-state index is 5.25. The minimum Gasteiger partial charge on any atom is -0.481 e. The highest BCUT2D eigenvalue weighted by Gasteiger charge is 2.09. The summed E-state index contributed by atoms with van der Waals surface area (Å²) in [6.45, 7) is 3.98. The summed E-state index contributed by atoms with van der Waals surface area (Å²) in [6, 6.07) is 7.94. The van der Waals surface area contributed by atoms with Crippen LogP contribution in [-0.4, -0.2) is 17.1 Å². The molecule has 0 amide bonds. The lowest BCUT2D eigenvalue weighted by atomic mass is 10.1. The van der Waals surface area contributed by atoms with Gasteiger partial charge in [0.2, 0.25) is 5.88 Å². The molecular formula is C13H14N2O. The maximum atomic E-state index is 5.25. The molecule has 0 bridgehead atoms. The lowest BCUT2D eigenvalue weighted by Crippen LogP contribution is -1.94. The highest BCUT2D eigenvalue weighted by molar-refractivity contribution is 5.70. The van der Waals surface area contributed by atoms with Gasteiger partial charge in [0, 0.05) is 28.7 Å². The first-order valence-electron chi connectivity index (χ1n) is 5.16. The third kappa shape index (κ3) is 1.89. The van der Waals surface area contributed by atoms with Crippen LogP contribution in [0.3, 0.4) is 0 Å². The molecule has 0 saturated carbocycles. The van der Waals surface area contributed by atoms with Crippen molar-refractivity contribution < 1.29 is 4.74 Å². The van der Waals surface area contributed by atoms with Crippen LogP contribution in [0.2, 0.25) is 0 Å². The van der Waals surface area contributed by atoms with E-state index in [0.717, 1.165) is 22.5 Å². The van der Waals surface area contributed by atoms with E-state index in [1.165, 1.54) is 0 Å². The summed E-state index contributed by atoms with van der Waals surface area (Å²) in [7, 11) is 1.63. The van der Waals surface area contributed by atoms with Crippen molar-refractivity contribution in [3.8, 4) is 17.0 Å². The van der Waals surface area contributed by atoms with Crippen LogP contribution < -0.4 is 4.74 Å². The van der Waals surface area contributed by atoms with E-state index in [1.807, 2.05) is 32.0 Å². The molecule has 3 heteroatoms. The molecule has 2 heterocycles. The van der Waals surface area contributed by atoms with Crippen molar-refractivity contribution in [1.29, 1.82) is 0 Å². The van der Waals surface area contributed by atoms with Crippen LogP contribution in [0.15, 0.2) is 30.5 Å². The SMILES string of the molecule is COc1ncccc1-c1ccc(C)nc1C. The highest BCUT2D eigenvalue weighted by atomic mass is 16.5. The fourth-order valence-electron chi connectivity index (χ4n) is 1.73. The summed E-state index contributed by atoms with van der Waals surface area (Å²) >= 11 is 0. The number of hydrogen-bond acceptors (Lipinski definition) is 3. The minimum atomic E-state index is 0.635. The molecule has 0 atom stereocenters. The number of aryl methyl sites for hydroxylation is 2. The minimum absolute atomic E-state index is 0.635. The van der Waals surface area contributed by atoms with Gasteiger partial charge < -0.3 is 4.74 Å². The smallest absolute Gasteiger partial charge is 0.221 e. The van der Waals surface area contributed by atoms with Crippen molar-refractivity contribution >= 4 is 0 Å². The van der Waals surface area contributed by atoms with Gasteiger partial charge in [-0.25, -0.2) is 4.98 Å². The van der Waals surface area contributed by atoms with E-state index in [0.29, 0.717) is 5.88 Å². The van der Waals surface area contributed by atoms with Gasteiger partial charge in [-0.3, -0.25) is 4.98 Å². The number of ether oxygens (including phenoxy) is 1. The van der Waals surface area contributed by atoms with E-state index in [-0.39, 0.29) is 0 Å². The van der Waals surface area contributed by atoms with Crippen LogP contribution in [0, 0.1) is 13.8 Å². The Kier molecular flexibility index (Phi) is 2.86. The second kappa shape index (κ2) is 4.31. The topological polar surface area (TPSA) is 35.0 Å². The normalized spacial score (nSPS) is 10.2. The monoisotopic (exact) mass is 214 g/mol. The summed E-state index contributed by atoms with van der Waals surface area (Å²) in [5.41, 5.74) is 4.06. The molecule has 16 heavy (non-hydrogen) atoms. The molecule has 82 valence electrons. The van der Waals surface area contributed by atoms with Crippen LogP contribution >= 0.6 is 0 Å². The molecule has 3 nitrogen and oxygen atoms in total. The molecule has 0 aliphatic rings. The lowest BCUT2D eigenvalue weighted by molar-refractivity contribution is 0.399. The Balaban J connectivity index is 2.58. The van der Waals surface area contributed by atoms with E-state index in [2.05, 4.69) is 16.0 Å². The maximum Gasteiger partial charge on any atom is 0.221 e. The first-order chi connectivity index (χ1) is 7.72. The zero-order chi connectivity index (χ0) is 11.5. The van der Waals surface area contributed by atoms with Crippen molar-refractivity contribution in [2.75, 3.05) is 7.11 Å². The average molecular weight is 214 g/mol. The van der Waals surface area contributed by atoms with Crippen molar-refractivity contribution in [2.24, 2.45) is 0 Å². The van der Waals surface area contributed by atoms with Crippen molar-refractivity contribution in [1.82, 2.24) is 9.97 Å². The molecule has 0 aliphatic heterocycles. The molecular weight excluding hydrogens is 200 g/mol. The molecule has 2 aromatic heterocycles. The number of aromatic nitrogens is 2. The van der Waals surface area contributed by atoms with E-state index < -0.39 is 0 Å². The molecule has 2 aromatic rings. The summed E-state index contributed by atoms with van der Waals surface area (Å²) in [4.78, 5) is 8.63. The lowest BCUT2D eigenvalue weighted by Gasteiger charge is -2.09. The van der Waals surface area contributed by atoms with Crippen LogP contribution in [0.25, 0.3) is 11.1 Å². The molecule has 0 N–H and O–H groups in total. The van der Waals surface area contributed by atoms with Crippen molar-refractivity contribution in [3.05, 3.63) is 41.9 Å². The van der Waals surface area contributed by atoms with Gasteiger partial charge in [-0.1, -0.05) is 6.07 Å². The second-order valence-corrected chi connectivity index (χ2v) is 3.65. The van der Waals surface area contributed by atoms with Gasteiger partial charge in [-0.05, 0) is 32.0 Å². The zero-order valence-corrected chi connectivity index (χ0v) is 9.69. The van der Waals surface area contributed by atoms with E-state index >= 15 is 0 Å². The van der Waals surface area contributed by atoms with Gasteiger partial charge in [-0.15, -0.1) is 0 Å². The molecule has 0 aliphatic carbocycles. The molecule has 0 aromatic carbocycles. The number of rotatable bonds is 2.